The van der Waals surface area contributed by atoms with Crippen molar-refractivity contribution in [3.05, 3.63) is 0 Å². The first kappa shape index (κ1) is 13.8. The number of carbonyl (C=O) groups is 1. The molecule has 19 heavy (non-hydrogen) atoms. The number of hydrogen-bond acceptors (Lipinski definition) is 2. The fourth-order valence-electron chi connectivity index (χ4n) is 5.22. The van der Waals surface area contributed by atoms with Gasteiger partial charge in [0, 0.05) is 5.75 Å². The lowest BCUT2D eigenvalue weighted by molar-refractivity contribution is -0.140. The fourth-order valence-corrected chi connectivity index (χ4v) is 6.46. The summed E-state index contributed by atoms with van der Waals surface area (Å²) in [6.07, 6.45) is 10.3. The van der Waals surface area contributed by atoms with Crippen molar-refractivity contribution in [2.24, 2.45) is 29.1 Å². The Hall–Kier alpha value is -0.180. The molecule has 0 aromatic rings. The summed E-state index contributed by atoms with van der Waals surface area (Å²) in [7, 11) is 0. The summed E-state index contributed by atoms with van der Waals surface area (Å²) in [5, 5.41) is 8.90. The van der Waals surface area contributed by atoms with E-state index in [1.165, 1.54) is 50.7 Å². The smallest absolute Gasteiger partial charge is 0.307 e. The Balaban J connectivity index is 1.46. The molecule has 3 heteroatoms. The molecule has 4 aliphatic rings. The summed E-state index contributed by atoms with van der Waals surface area (Å²) < 4.78 is 0. The van der Waals surface area contributed by atoms with Crippen LogP contribution in [0.4, 0.5) is 0 Å². The highest BCUT2D eigenvalue weighted by Crippen LogP contribution is 2.61. The zero-order chi connectivity index (χ0) is 13.5. The van der Waals surface area contributed by atoms with Crippen molar-refractivity contribution in [1.29, 1.82) is 0 Å². The predicted molar refractivity (Wildman–Crippen MR) is 79.3 cm³/mol. The first-order valence-corrected chi connectivity index (χ1v) is 9.02. The van der Waals surface area contributed by atoms with Crippen molar-refractivity contribution < 1.29 is 9.90 Å². The van der Waals surface area contributed by atoms with Gasteiger partial charge in [0.1, 0.15) is 0 Å². The second kappa shape index (κ2) is 5.31. The van der Waals surface area contributed by atoms with Gasteiger partial charge in [-0.2, -0.15) is 11.8 Å². The van der Waals surface area contributed by atoms with Crippen LogP contribution >= 0.6 is 11.8 Å². The van der Waals surface area contributed by atoms with Crippen molar-refractivity contribution in [2.75, 3.05) is 11.5 Å². The standard InChI is InChI=1S/C16H26O2S/c1-11(15(17)18)10-19-3-2-16-7-12-4-13(8-16)6-14(5-12)9-16/h11-14H,2-10H2,1H3,(H,17,18). The van der Waals surface area contributed by atoms with Gasteiger partial charge in [0.05, 0.1) is 5.92 Å². The molecule has 4 bridgehead atoms. The molecule has 0 spiro atoms. The Morgan fingerprint density at radius 3 is 2.21 bits per heavy atom. The molecule has 0 aromatic heterocycles. The van der Waals surface area contributed by atoms with Crippen molar-refractivity contribution in [3.8, 4) is 0 Å². The number of carboxylic acid groups (broad SMARTS) is 1. The lowest BCUT2D eigenvalue weighted by Crippen LogP contribution is -2.46. The molecule has 4 aliphatic carbocycles. The van der Waals surface area contributed by atoms with Gasteiger partial charge in [-0.05, 0) is 73.9 Å². The molecule has 0 radical (unpaired) electrons. The molecule has 1 unspecified atom stereocenters. The van der Waals surface area contributed by atoms with E-state index in [0.717, 1.165) is 23.5 Å². The molecule has 0 saturated heterocycles. The maximum atomic E-state index is 10.8. The summed E-state index contributed by atoms with van der Waals surface area (Å²) in [5.74, 6) is 4.21. The summed E-state index contributed by atoms with van der Waals surface area (Å²) in [5.41, 5.74) is 0.661. The zero-order valence-electron chi connectivity index (χ0n) is 11.9. The van der Waals surface area contributed by atoms with E-state index in [0.29, 0.717) is 5.41 Å². The van der Waals surface area contributed by atoms with E-state index < -0.39 is 5.97 Å². The van der Waals surface area contributed by atoms with Crippen LogP contribution in [0.2, 0.25) is 0 Å². The monoisotopic (exact) mass is 282 g/mol. The maximum Gasteiger partial charge on any atom is 0.307 e. The molecule has 2 nitrogen and oxygen atoms in total. The number of aliphatic carboxylic acids is 1. The van der Waals surface area contributed by atoms with Gasteiger partial charge in [-0.15, -0.1) is 0 Å². The first-order valence-electron chi connectivity index (χ1n) is 7.87. The maximum absolute atomic E-state index is 10.8. The lowest BCUT2D eigenvalue weighted by Gasteiger charge is -2.57. The minimum Gasteiger partial charge on any atom is -0.481 e. The van der Waals surface area contributed by atoms with Crippen LogP contribution in [0.1, 0.15) is 51.9 Å². The van der Waals surface area contributed by atoms with E-state index >= 15 is 0 Å². The highest BCUT2D eigenvalue weighted by molar-refractivity contribution is 7.99. The van der Waals surface area contributed by atoms with Crippen molar-refractivity contribution >= 4 is 17.7 Å². The largest absolute Gasteiger partial charge is 0.481 e. The van der Waals surface area contributed by atoms with E-state index in [9.17, 15) is 4.79 Å². The first-order chi connectivity index (χ1) is 9.06. The Morgan fingerprint density at radius 1 is 1.21 bits per heavy atom. The highest BCUT2D eigenvalue weighted by Gasteiger charge is 2.50. The zero-order valence-corrected chi connectivity index (χ0v) is 12.8. The van der Waals surface area contributed by atoms with E-state index in [1.807, 2.05) is 18.7 Å². The minimum atomic E-state index is -0.651. The Labute approximate surface area is 120 Å². The molecule has 108 valence electrons. The molecule has 1 atom stereocenters. The molecule has 0 aliphatic heterocycles. The van der Waals surface area contributed by atoms with Crippen LogP contribution in [0.25, 0.3) is 0 Å². The SMILES string of the molecule is CC(CSCCC12CC3CC(CC(C3)C1)C2)C(=O)O. The molecule has 4 fully saturated rings. The summed E-state index contributed by atoms with van der Waals surface area (Å²) in [4.78, 5) is 10.8. The van der Waals surface area contributed by atoms with Crippen LogP contribution in [0.3, 0.4) is 0 Å². The van der Waals surface area contributed by atoms with Gasteiger partial charge >= 0.3 is 5.97 Å². The molecule has 0 heterocycles. The summed E-state index contributed by atoms with van der Waals surface area (Å²) >= 11 is 1.86. The highest BCUT2D eigenvalue weighted by atomic mass is 32.2. The van der Waals surface area contributed by atoms with Gasteiger partial charge in [-0.25, -0.2) is 0 Å². The minimum absolute atomic E-state index is 0.193. The third-order valence-electron chi connectivity index (χ3n) is 5.73. The van der Waals surface area contributed by atoms with Gasteiger partial charge in [-0.1, -0.05) is 6.92 Å². The topological polar surface area (TPSA) is 37.3 Å². The predicted octanol–water partition coefficient (Wildman–Crippen LogP) is 4.05. The van der Waals surface area contributed by atoms with Gasteiger partial charge in [0.15, 0.2) is 0 Å². The second-order valence-corrected chi connectivity index (χ2v) is 8.63. The van der Waals surface area contributed by atoms with Crippen molar-refractivity contribution in [3.63, 3.8) is 0 Å². The molecule has 4 rings (SSSR count). The van der Waals surface area contributed by atoms with E-state index in [1.54, 1.807) is 0 Å². The average molecular weight is 282 g/mol. The van der Waals surface area contributed by atoms with Gasteiger partial charge in [0.2, 0.25) is 0 Å². The van der Waals surface area contributed by atoms with E-state index in [4.69, 9.17) is 5.11 Å². The van der Waals surface area contributed by atoms with Crippen LogP contribution in [-0.2, 0) is 4.79 Å². The van der Waals surface area contributed by atoms with Gasteiger partial charge in [-0.3, -0.25) is 4.79 Å². The summed E-state index contributed by atoms with van der Waals surface area (Å²) in [6, 6.07) is 0. The van der Waals surface area contributed by atoms with Crippen molar-refractivity contribution in [1.82, 2.24) is 0 Å². The Kier molecular flexibility index (Phi) is 3.85. The third-order valence-corrected chi connectivity index (χ3v) is 6.96. The number of rotatable bonds is 6. The fraction of sp³-hybridized carbons (Fsp3) is 0.938. The molecular formula is C16H26O2S. The Morgan fingerprint density at radius 2 is 1.74 bits per heavy atom. The van der Waals surface area contributed by atoms with Crippen molar-refractivity contribution in [2.45, 2.75) is 51.9 Å². The molecule has 0 amide bonds. The van der Waals surface area contributed by atoms with Gasteiger partial charge in [0.25, 0.3) is 0 Å². The summed E-state index contributed by atoms with van der Waals surface area (Å²) in [6.45, 7) is 1.82. The average Bonchev–Trinajstić information content (AvgIpc) is 2.32. The second-order valence-electron chi connectivity index (χ2n) is 7.48. The quantitative estimate of drug-likeness (QED) is 0.747. The van der Waals surface area contributed by atoms with E-state index in [-0.39, 0.29) is 5.92 Å². The van der Waals surface area contributed by atoms with Crippen LogP contribution in [0.15, 0.2) is 0 Å². The molecular weight excluding hydrogens is 256 g/mol. The van der Waals surface area contributed by atoms with Crippen LogP contribution < -0.4 is 0 Å². The number of hydrogen-bond donors (Lipinski definition) is 1. The van der Waals surface area contributed by atoms with Crippen LogP contribution in [0.5, 0.6) is 0 Å². The molecule has 1 N–H and O–H groups in total. The lowest BCUT2D eigenvalue weighted by atomic mass is 9.49. The molecule has 4 saturated carbocycles. The normalized spacial score (nSPS) is 41.4. The molecule has 0 aromatic carbocycles. The number of thioether (sulfide) groups is 1. The van der Waals surface area contributed by atoms with Gasteiger partial charge < -0.3 is 5.11 Å². The number of carboxylic acids is 1. The third kappa shape index (κ3) is 2.96. The van der Waals surface area contributed by atoms with Crippen LogP contribution in [-0.4, -0.2) is 22.6 Å². The Bertz CT molecular complexity index is 317. The van der Waals surface area contributed by atoms with E-state index in [2.05, 4.69) is 0 Å². The van der Waals surface area contributed by atoms with Crippen LogP contribution in [0, 0.1) is 29.1 Å².